The summed E-state index contributed by atoms with van der Waals surface area (Å²) in [4.78, 5) is 24.0. The molecule has 0 radical (unpaired) electrons. The quantitative estimate of drug-likeness (QED) is 0.726. The summed E-state index contributed by atoms with van der Waals surface area (Å²) in [6, 6.07) is 10.5. The molecular formula is C20H24N4O2. The highest BCUT2D eigenvalue weighted by Gasteiger charge is 2.22. The van der Waals surface area contributed by atoms with Gasteiger partial charge < -0.3 is 19.5 Å². The van der Waals surface area contributed by atoms with Crippen molar-refractivity contribution in [1.82, 2.24) is 14.9 Å². The van der Waals surface area contributed by atoms with Crippen LogP contribution >= 0.6 is 0 Å². The number of aromatic nitrogens is 2. The number of nitrogens with zero attached hydrogens (tertiary/aromatic N) is 3. The zero-order chi connectivity index (χ0) is 17.9. The van der Waals surface area contributed by atoms with Crippen molar-refractivity contribution in [2.45, 2.75) is 19.8 Å². The molecule has 1 amide bonds. The highest BCUT2D eigenvalue weighted by atomic mass is 16.6. The molecular weight excluding hydrogens is 328 g/mol. The van der Waals surface area contributed by atoms with Crippen molar-refractivity contribution in [2.75, 3.05) is 37.7 Å². The number of piperazine rings is 1. The van der Waals surface area contributed by atoms with E-state index in [0.717, 1.165) is 42.5 Å². The van der Waals surface area contributed by atoms with Crippen LogP contribution in [0.25, 0.3) is 21.9 Å². The van der Waals surface area contributed by atoms with E-state index < -0.39 is 0 Å². The van der Waals surface area contributed by atoms with Crippen LogP contribution < -0.4 is 4.90 Å². The third-order valence-electron chi connectivity index (χ3n) is 4.98. The zero-order valence-electron chi connectivity index (χ0n) is 15.1. The van der Waals surface area contributed by atoms with Crippen molar-refractivity contribution >= 4 is 33.7 Å². The Labute approximate surface area is 152 Å². The minimum atomic E-state index is -0.184. The third kappa shape index (κ3) is 3.19. The average Bonchev–Trinajstić information content (AvgIpc) is 3.06. The number of pyridine rings is 1. The Bertz CT molecular complexity index is 912. The SMILES string of the molecule is CCCCOC(=O)N1CCN(c2ccc3[nH]c4ncccc4c3c2)CC1. The van der Waals surface area contributed by atoms with Gasteiger partial charge in [0.25, 0.3) is 0 Å². The number of unbranched alkanes of at least 4 members (excludes halogenated alkanes) is 1. The summed E-state index contributed by atoms with van der Waals surface area (Å²) in [5.74, 6) is 0. The van der Waals surface area contributed by atoms with Crippen LogP contribution in [0.2, 0.25) is 0 Å². The number of fused-ring (bicyclic) bond motifs is 3. The van der Waals surface area contributed by atoms with Crippen molar-refractivity contribution in [1.29, 1.82) is 0 Å². The van der Waals surface area contributed by atoms with Crippen LogP contribution in [0.5, 0.6) is 0 Å². The number of nitrogens with one attached hydrogen (secondary N) is 1. The Hall–Kier alpha value is -2.76. The summed E-state index contributed by atoms with van der Waals surface area (Å²) in [6.07, 6.45) is 3.58. The topological polar surface area (TPSA) is 61.5 Å². The van der Waals surface area contributed by atoms with Crippen LogP contribution in [0.3, 0.4) is 0 Å². The van der Waals surface area contributed by atoms with E-state index in [1.165, 1.54) is 11.1 Å². The van der Waals surface area contributed by atoms with Gasteiger partial charge in [0.05, 0.1) is 6.61 Å². The van der Waals surface area contributed by atoms with Gasteiger partial charge in [0.2, 0.25) is 0 Å². The van der Waals surface area contributed by atoms with Crippen LogP contribution in [0.15, 0.2) is 36.5 Å². The summed E-state index contributed by atoms with van der Waals surface area (Å²) in [6.45, 7) is 5.62. The Kier molecular flexibility index (Phi) is 4.65. The highest BCUT2D eigenvalue weighted by molar-refractivity contribution is 6.06. The maximum absolute atomic E-state index is 12.1. The molecule has 1 saturated heterocycles. The number of hydrogen-bond donors (Lipinski definition) is 1. The van der Waals surface area contributed by atoms with Gasteiger partial charge in [-0.05, 0) is 36.8 Å². The molecule has 1 aliphatic rings. The van der Waals surface area contributed by atoms with E-state index in [1.807, 2.05) is 6.07 Å². The van der Waals surface area contributed by atoms with Gasteiger partial charge in [-0.25, -0.2) is 9.78 Å². The smallest absolute Gasteiger partial charge is 0.409 e. The van der Waals surface area contributed by atoms with E-state index in [2.05, 4.69) is 46.1 Å². The number of carbonyl (C=O) groups excluding carboxylic acids is 1. The Morgan fingerprint density at radius 3 is 2.85 bits per heavy atom. The highest BCUT2D eigenvalue weighted by Crippen LogP contribution is 2.28. The largest absolute Gasteiger partial charge is 0.449 e. The van der Waals surface area contributed by atoms with Crippen molar-refractivity contribution in [2.24, 2.45) is 0 Å². The fraction of sp³-hybridized carbons (Fsp3) is 0.400. The van der Waals surface area contributed by atoms with Gasteiger partial charge >= 0.3 is 6.09 Å². The van der Waals surface area contributed by atoms with E-state index in [0.29, 0.717) is 19.7 Å². The molecule has 0 unspecified atom stereocenters. The number of hydrogen-bond acceptors (Lipinski definition) is 4. The number of rotatable bonds is 4. The number of aromatic amines is 1. The second kappa shape index (κ2) is 7.23. The van der Waals surface area contributed by atoms with Crippen LogP contribution in [0.4, 0.5) is 10.5 Å². The molecule has 2 aromatic heterocycles. The molecule has 1 aliphatic heterocycles. The van der Waals surface area contributed by atoms with Crippen molar-refractivity contribution in [3.8, 4) is 0 Å². The van der Waals surface area contributed by atoms with Gasteiger partial charge in [-0.2, -0.15) is 0 Å². The molecule has 3 heterocycles. The second-order valence-corrected chi connectivity index (χ2v) is 6.70. The van der Waals surface area contributed by atoms with E-state index in [4.69, 9.17) is 4.74 Å². The van der Waals surface area contributed by atoms with E-state index in [1.54, 1.807) is 11.1 Å². The number of amides is 1. The number of carbonyl (C=O) groups is 1. The minimum Gasteiger partial charge on any atom is -0.449 e. The lowest BCUT2D eigenvalue weighted by Gasteiger charge is -2.35. The van der Waals surface area contributed by atoms with Crippen molar-refractivity contribution < 1.29 is 9.53 Å². The molecule has 0 aliphatic carbocycles. The van der Waals surface area contributed by atoms with Crippen molar-refractivity contribution in [3.63, 3.8) is 0 Å². The zero-order valence-corrected chi connectivity index (χ0v) is 15.1. The lowest BCUT2D eigenvalue weighted by Crippen LogP contribution is -2.49. The molecule has 3 aromatic rings. The summed E-state index contributed by atoms with van der Waals surface area (Å²) in [5.41, 5.74) is 3.20. The van der Waals surface area contributed by atoms with Gasteiger partial charge in [-0.3, -0.25) is 0 Å². The van der Waals surface area contributed by atoms with Crippen LogP contribution in [0, 0.1) is 0 Å². The lowest BCUT2D eigenvalue weighted by atomic mass is 10.1. The summed E-state index contributed by atoms with van der Waals surface area (Å²) >= 11 is 0. The summed E-state index contributed by atoms with van der Waals surface area (Å²) < 4.78 is 5.32. The first-order chi connectivity index (χ1) is 12.8. The summed E-state index contributed by atoms with van der Waals surface area (Å²) in [5, 5.41) is 2.33. The Morgan fingerprint density at radius 2 is 2.04 bits per heavy atom. The molecule has 6 nitrogen and oxygen atoms in total. The average molecular weight is 352 g/mol. The van der Waals surface area contributed by atoms with Gasteiger partial charge in [-0.15, -0.1) is 0 Å². The first-order valence-corrected chi connectivity index (χ1v) is 9.29. The normalized spacial score (nSPS) is 15.0. The number of anilines is 1. The number of ether oxygens (including phenoxy) is 1. The first-order valence-electron chi connectivity index (χ1n) is 9.29. The maximum Gasteiger partial charge on any atom is 0.409 e. The van der Waals surface area contributed by atoms with Crippen molar-refractivity contribution in [3.05, 3.63) is 36.5 Å². The first kappa shape index (κ1) is 16.7. The van der Waals surface area contributed by atoms with Crippen LogP contribution in [-0.4, -0.2) is 53.7 Å². The lowest BCUT2D eigenvalue weighted by molar-refractivity contribution is 0.0989. The molecule has 26 heavy (non-hydrogen) atoms. The Balaban J connectivity index is 1.46. The van der Waals surface area contributed by atoms with E-state index >= 15 is 0 Å². The number of benzene rings is 1. The third-order valence-corrected chi connectivity index (χ3v) is 4.98. The predicted molar refractivity (Wildman–Crippen MR) is 104 cm³/mol. The van der Waals surface area contributed by atoms with Gasteiger partial charge in [-0.1, -0.05) is 13.3 Å². The Morgan fingerprint density at radius 1 is 1.19 bits per heavy atom. The second-order valence-electron chi connectivity index (χ2n) is 6.70. The van der Waals surface area contributed by atoms with Gasteiger partial charge in [0, 0.05) is 54.4 Å². The molecule has 0 spiro atoms. The molecule has 0 saturated carbocycles. The maximum atomic E-state index is 12.1. The summed E-state index contributed by atoms with van der Waals surface area (Å²) in [7, 11) is 0. The van der Waals surface area contributed by atoms with E-state index in [9.17, 15) is 4.79 Å². The monoisotopic (exact) mass is 352 g/mol. The molecule has 0 bridgehead atoms. The predicted octanol–water partition coefficient (Wildman–Crippen LogP) is 3.77. The molecule has 1 aromatic carbocycles. The molecule has 4 rings (SSSR count). The molecule has 1 fully saturated rings. The fourth-order valence-corrected chi connectivity index (χ4v) is 3.45. The fourth-order valence-electron chi connectivity index (χ4n) is 3.45. The standard InChI is InChI=1S/C20H24N4O2/c1-2-3-13-26-20(25)24-11-9-23(10-12-24)15-6-7-18-17(14-15)16-5-4-8-21-19(16)22-18/h4-8,14H,2-3,9-13H2,1H3,(H,21,22). The number of H-pyrrole nitrogens is 1. The van der Waals surface area contributed by atoms with Crippen LogP contribution in [0.1, 0.15) is 19.8 Å². The molecule has 1 N–H and O–H groups in total. The molecule has 0 atom stereocenters. The molecule has 6 heteroatoms. The van der Waals surface area contributed by atoms with Crippen LogP contribution in [-0.2, 0) is 4.74 Å². The van der Waals surface area contributed by atoms with Gasteiger partial charge in [0.1, 0.15) is 5.65 Å². The van der Waals surface area contributed by atoms with E-state index in [-0.39, 0.29) is 6.09 Å². The van der Waals surface area contributed by atoms with Gasteiger partial charge in [0.15, 0.2) is 0 Å². The molecule has 136 valence electrons. The minimum absolute atomic E-state index is 0.184.